The molecule has 24 valence electrons. The first kappa shape index (κ1) is 8.91. The van der Waals surface area contributed by atoms with Gasteiger partial charge in [0.05, 0.1) is 0 Å². The molecule has 0 aliphatic rings. The predicted octanol–water partition coefficient (Wildman–Crippen LogP) is -4.24. The van der Waals surface area contributed by atoms with Crippen molar-refractivity contribution in [2.75, 3.05) is 0 Å². The van der Waals surface area contributed by atoms with E-state index in [1.165, 1.54) is 0 Å². The minimum atomic E-state index is -1.08. The fraction of sp³-hybridized carbons (Fsp3) is 0.500. The van der Waals surface area contributed by atoms with E-state index < -0.39 is 5.97 Å². The van der Waals surface area contributed by atoms with E-state index in [0.717, 1.165) is 6.92 Å². The molecule has 2 nitrogen and oxygen atoms in total. The maximum atomic E-state index is 8.89. The van der Waals surface area contributed by atoms with E-state index in [0.29, 0.717) is 0 Å². The van der Waals surface area contributed by atoms with E-state index in [9.17, 15) is 0 Å². The first-order valence-corrected chi connectivity index (χ1v) is 0.908. The molecule has 0 aromatic heterocycles. The molecule has 0 aliphatic heterocycles. The van der Waals surface area contributed by atoms with Crippen LogP contribution in [-0.2, 0) is 4.79 Å². The molecule has 0 unspecified atom stereocenters. The largest absolute Gasteiger partial charge is 1.00 e. The molecule has 0 rings (SSSR count). The van der Waals surface area contributed by atoms with Gasteiger partial charge in [-0.3, -0.25) is 0 Å². The van der Waals surface area contributed by atoms with Crippen LogP contribution in [0.1, 0.15) is 6.92 Å². The van der Waals surface area contributed by atoms with Gasteiger partial charge in [-0.15, -0.1) is 0 Å². The summed E-state index contributed by atoms with van der Waals surface area (Å²) in [7, 11) is 0. The molecule has 0 fully saturated rings. The topological polar surface area (TPSA) is 40.1 Å². The van der Waals surface area contributed by atoms with Gasteiger partial charge in [-0.25, -0.2) is 0 Å². The van der Waals surface area contributed by atoms with E-state index in [1.807, 2.05) is 0 Å². The summed E-state index contributed by atoms with van der Waals surface area (Å²) in [6.45, 7) is 0.972. The second-order valence-electron chi connectivity index (χ2n) is 0.492. The van der Waals surface area contributed by atoms with Crippen LogP contribution in [0.3, 0.4) is 0 Å². The van der Waals surface area contributed by atoms with Gasteiger partial charge >= 0.3 is 18.9 Å². The average Bonchev–Trinajstić information content (AvgIpc) is 0.811. The molecular formula is C2H3LiO2. The van der Waals surface area contributed by atoms with Crippen LogP contribution in [0.15, 0.2) is 0 Å². The van der Waals surface area contributed by atoms with Gasteiger partial charge in [0.15, 0.2) is 0 Å². The van der Waals surface area contributed by atoms with E-state index in [-0.39, 0.29) is 18.9 Å². The number of aliphatic carboxylic acids is 1. The van der Waals surface area contributed by atoms with Crippen LogP contribution in [0.4, 0.5) is 0 Å². The van der Waals surface area contributed by atoms with Crippen LogP contribution in [-0.4, -0.2) is 5.97 Å². The van der Waals surface area contributed by atoms with Crippen molar-refractivity contribution in [3.8, 4) is 0 Å². The zero-order valence-electron chi connectivity index (χ0n) is 3.32. The number of hydrogen-bond acceptors (Lipinski definition) is 2. The van der Waals surface area contributed by atoms with Crippen molar-refractivity contribution in [2.45, 2.75) is 6.92 Å². The third-order valence-electron chi connectivity index (χ3n) is 0. The summed E-state index contributed by atoms with van der Waals surface area (Å²) in [6, 6.07) is 0. The van der Waals surface area contributed by atoms with E-state index in [2.05, 4.69) is 0 Å². The Morgan fingerprint density at radius 3 is 1.80 bits per heavy atom. The molecule has 3 heteroatoms. The van der Waals surface area contributed by atoms with E-state index in [4.69, 9.17) is 9.90 Å². The third kappa shape index (κ3) is 3830. The van der Waals surface area contributed by atoms with Gasteiger partial charge in [0.2, 0.25) is 0 Å². The maximum absolute atomic E-state index is 8.89. The van der Waals surface area contributed by atoms with Crippen molar-refractivity contribution in [2.24, 2.45) is 0 Å². The minimum Gasteiger partial charge on any atom is -0.550 e. The Hall–Kier alpha value is 0.0674. The quantitative estimate of drug-likeness (QED) is 0.213. The van der Waals surface area contributed by atoms with Crippen molar-refractivity contribution in [3.05, 3.63) is 0 Å². The normalized spacial score (nSPS) is 5.00. The molecule has 0 aliphatic carbocycles. The second kappa shape index (κ2) is 4.07. The van der Waals surface area contributed by atoms with Crippen LogP contribution < -0.4 is 24.0 Å². The first-order valence-electron chi connectivity index (χ1n) is 0.908. The van der Waals surface area contributed by atoms with Gasteiger partial charge in [-0.05, 0) is 6.92 Å². The number of carbonyl (C=O) groups is 1. The molecule has 0 atom stereocenters. The van der Waals surface area contributed by atoms with Crippen molar-refractivity contribution in [1.29, 1.82) is 0 Å². The summed E-state index contributed by atoms with van der Waals surface area (Å²) in [4.78, 5) is 8.89. The molecule has 0 saturated carbocycles. The second-order valence-corrected chi connectivity index (χ2v) is 0.492. The zero-order chi connectivity index (χ0) is 3.58. The van der Waals surface area contributed by atoms with Crippen LogP contribution in [0.5, 0.6) is 0 Å². The Balaban J connectivity index is 0. The summed E-state index contributed by atoms with van der Waals surface area (Å²) < 4.78 is 0. The molecule has 0 saturated heterocycles. The maximum Gasteiger partial charge on any atom is 1.00 e. The predicted molar refractivity (Wildman–Crippen MR) is 10.7 cm³/mol. The summed E-state index contributed by atoms with van der Waals surface area (Å²) >= 11 is 0. The fourth-order valence-electron chi connectivity index (χ4n) is 0. The van der Waals surface area contributed by atoms with Crippen molar-refractivity contribution in [3.63, 3.8) is 0 Å². The van der Waals surface area contributed by atoms with Crippen molar-refractivity contribution in [1.82, 2.24) is 0 Å². The summed E-state index contributed by atoms with van der Waals surface area (Å²) in [6.07, 6.45) is 0. The molecular weight excluding hydrogens is 64.9 g/mol. The summed E-state index contributed by atoms with van der Waals surface area (Å²) in [5.74, 6) is -1.08. The molecule has 0 N–H and O–H groups in total. The molecule has 0 aromatic rings. The summed E-state index contributed by atoms with van der Waals surface area (Å²) in [5.41, 5.74) is 0. The van der Waals surface area contributed by atoms with E-state index >= 15 is 0 Å². The van der Waals surface area contributed by atoms with Gasteiger partial charge < -0.3 is 9.90 Å². The molecule has 5 heavy (non-hydrogen) atoms. The molecule has 0 bridgehead atoms. The SMILES string of the molecule is [13CH3][13C](=O)[O-].[Li+]. The fourth-order valence-corrected chi connectivity index (χ4v) is 0. The third-order valence-corrected chi connectivity index (χ3v) is 0. The van der Waals surface area contributed by atoms with Crippen LogP contribution in [0, 0.1) is 0 Å². The van der Waals surface area contributed by atoms with Gasteiger partial charge in [-0.1, -0.05) is 0 Å². The Bertz CT molecular complexity index is 30.6. The number of hydrogen-bond donors (Lipinski definition) is 0. The van der Waals surface area contributed by atoms with Crippen LogP contribution >= 0.6 is 0 Å². The van der Waals surface area contributed by atoms with Gasteiger partial charge in [0, 0.05) is 5.97 Å². The van der Waals surface area contributed by atoms with Gasteiger partial charge in [0.25, 0.3) is 0 Å². The Labute approximate surface area is 42.4 Å². The van der Waals surface area contributed by atoms with Crippen LogP contribution in [0.2, 0.25) is 0 Å². The van der Waals surface area contributed by atoms with Gasteiger partial charge in [-0.2, -0.15) is 0 Å². The Kier molecular flexibility index (Phi) is 7.25. The minimum absolute atomic E-state index is 0. The zero-order valence-corrected chi connectivity index (χ0v) is 3.32. The standard InChI is InChI=1S/C2H4O2.Li/c1-2(3)4;/h1H3,(H,3,4);/q;+1/p-1/i1+1,2+1;. The number of carboxylic acids is 1. The number of carbonyl (C=O) groups excluding carboxylic acids is 1. The monoisotopic (exact) mass is 68.0 g/mol. The first-order chi connectivity index (χ1) is 1.73. The average molecular weight is 68.0 g/mol. The van der Waals surface area contributed by atoms with Crippen molar-refractivity contribution < 1.29 is 28.8 Å². The van der Waals surface area contributed by atoms with Gasteiger partial charge in [0.1, 0.15) is 0 Å². The smallest absolute Gasteiger partial charge is 0.550 e. The Morgan fingerprint density at radius 1 is 1.80 bits per heavy atom. The summed E-state index contributed by atoms with van der Waals surface area (Å²) in [5, 5.41) is 8.89. The molecule has 0 aromatic carbocycles. The molecule has 0 radical (unpaired) electrons. The number of carboxylic acid groups (broad SMARTS) is 1. The number of rotatable bonds is 0. The van der Waals surface area contributed by atoms with Crippen molar-refractivity contribution >= 4 is 5.97 Å². The molecule has 0 heterocycles. The van der Waals surface area contributed by atoms with Crippen LogP contribution in [0.25, 0.3) is 0 Å². The van der Waals surface area contributed by atoms with E-state index in [1.54, 1.807) is 0 Å². The Morgan fingerprint density at radius 2 is 1.80 bits per heavy atom. The molecule has 0 amide bonds. The molecule has 0 spiro atoms.